The first-order chi connectivity index (χ1) is 7.75. The molecule has 0 aromatic carbocycles. The molecular weight excluding hydrogens is 198 g/mol. The summed E-state index contributed by atoms with van der Waals surface area (Å²) >= 11 is 0. The van der Waals surface area contributed by atoms with Crippen molar-refractivity contribution in [3.05, 3.63) is 30.1 Å². The van der Waals surface area contributed by atoms with Gasteiger partial charge in [-0.1, -0.05) is 13.0 Å². The minimum absolute atomic E-state index is 0.773. The Hall–Kier alpha value is -0.930. The van der Waals surface area contributed by atoms with Crippen LogP contribution in [0.2, 0.25) is 0 Å². The summed E-state index contributed by atoms with van der Waals surface area (Å²) in [7, 11) is 2.18. The summed E-state index contributed by atoms with van der Waals surface area (Å²) < 4.78 is 0. The zero-order valence-corrected chi connectivity index (χ0v) is 10.2. The third-order valence-corrected chi connectivity index (χ3v) is 3.38. The summed E-state index contributed by atoms with van der Waals surface area (Å²) in [6.45, 7) is 6.84. The van der Waals surface area contributed by atoms with Crippen molar-refractivity contribution in [2.75, 3.05) is 26.7 Å². The van der Waals surface area contributed by atoms with Gasteiger partial charge in [-0.2, -0.15) is 0 Å². The van der Waals surface area contributed by atoms with Crippen LogP contribution in [0.25, 0.3) is 0 Å². The zero-order valence-electron chi connectivity index (χ0n) is 10.2. The third-order valence-electron chi connectivity index (χ3n) is 3.38. The Labute approximate surface area is 97.9 Å². The van der Waals surface area contributed by atoms with Gasteiger partial charge in [-0.15, -0.1) is 0 Å². The Morgan fingerprint density at radius 2 is 2.31 bits per heavy atom. The highest BCUT2D eigenvalue weighted by Crippen LogP contribution is 2.17. The fraction of sp³-hybridized carbons (Fsp3) is 0.615. The van der Waals surface area contributed by atoms with Crippen molar-refractivity contribution in [2.24, 2.45) is 11.8 Å². The smallest absolute Gasteiger partial charge is 0.0543 e. The Kier molecular flexibility index (Phi) is 3.91. The minimum Gasteiger partial charge on any atom is -0.316 e. The molecule has 1 aliphatic heterocycles. The predicted octanol–water partition coefficient (Wildman–Crippen LogP) is 1.37. The van der Waals surface area contributed by atoms with Gasteiger partial charge in [0.2, 0.25) is 0 Å². The molecule has 0 amide bonds. The van der Waals surface area contributed by atoms with E-state index in [4.69, 9.17) is 0 Å². The first-order valence-corrected chi connectivity index (χ1v) is 6.05. The summed E-state index contributed by atoms with van der Waals surface area (Å²) in [6.07, 6.45) is 1.86. The van der Waals surface area contributed by atoms with Crippen LogP contribution < -0.4 is 5.32 Å². The number of hydrogen-bond donors (Lipinski definition) is 1. The molecule has 1 atom stereocenters. The van der Waals surface area contributed by atoms with E-state index >= 15 is 0 Å². The van der Waals surface area contributed by atoms with Crippen molar-refractivity contribution < 1.29 is 0 Å². The van der Waals surface area contributed by atoms with E-state index in [1.54, 1.807) is 0 Å². The lowest BCUT2D eigenvalue weighted by atomic mass is 9.88. The molecule has 3 nitrogen and oxygen atoms in total. The highest BCUT2D eigenvalue weighted by atomic mass is 15.1. The van der Waals surface area contributed by atoms with Gasteiger partial charge >= 0.3 is 0 Å². The zero-order chi connectivity index (χ0) is 11.4. The second-order valence-electron chi connectivity index (χ2n) is 4.91. The maximum atomic E-state index is 4.35. The summed E-state index contributed by atoms with van der Waals surface area (Å²) in [6, 6.07) is 6.10. The average molecular weight is 219 g/mol. The number of nitrogens with zero attached hydrogens (tertiary/aromatic N) is 2. The molecule has 1 saturated heterocycles. The van der Waals surface area contributed by atoms with Crippen molar-refractivity contribution >= 4 is 0 Å². The van der Waals surface area contributed by atoms with Crippen molar-refractivity contribution in [1.82, 2.24) is 15.2 Å². The van der Waals surface area contributed by atoms with Crippen molar-refractivity contribution in [3.8, 4) is 0 Å². The Morgan fingerprint density at radius 1 is 1.50 bits per heavy atom. The number of nitrogens with one attached hydrogen (secondary N) is 1. The number of rotatable bonds is 5. The van der Waals surface area contributed by atoms with Crippen LogP contribution in [0.1, 0.15) is 12.6 Å². The minimum atomic E-state index is 0.773. The van der Waals surface area contributed by atoms with E-state index in [9.17, 15) is 0 Å². The standard InChI is InChI=1S/C13H21N3/c1-11(12-7-14-8-12)9-16(2)10-13-5-3-4-6-15-13/h3-6,11-12,14H,7-10H2,1-2H3. The van der Waals surface area contributed by atoms with E-state index in [0.717, 1.165) is 30.6 Å². The van der Waals surface area contributed by atoms with Crippen molar-refractivity contribution in [2.45, 2.75) is 13.5 Å². The Balaban J connectivity index is 1.77. The normalized spacial score (nSPS) is 18.4. The molecule has 2 rings (SSSR count). The number of aromatic nitrogens is 1. The summed E-state index contributed by atoms with van der Waals surface area (Å²) in [5, 5.41) is 3.33. The Morgan fingerprint density at radius 3 is 2.88 bits per heavy atom. The van der Waals surface area contributed by atoms with E-state index in [1.807, 2.05) is 12.3 Å². The van der Waals surface area contributed by atoms with E-state index in [1.165, 1.54) is 13.1 Å². The van der Waals surface area contributed by atoms with Crippen LogP contribution in [-0.4, -0.2) is 36.6 Å². The van der Waals surface area contributed by atoms with Crippen molar-refractivity contribution in [1.29, 1.82) is 0 Å². The molecule has 0 bridgehead atoms. The van der Waals surface area contributed by atoms with Crippen LogP contribution in [0.15, 0.2) is 24.4 Å². The summed E-state index contributed by atoms with van der Waals surface area (Å²) in [5.41, 5.74) is 1.16. The maximum Gasteiger partial charge on any atom is 0.0543 e. The highest BCUT2D eigenvalue weighted by molar-refractivity contribution is 5.03. The van der Waals surface area contributed by atoms with Crippen LogP contribution in [0.4, 0.5) is 0 Å². The fourth-order valence-corrected chi connectivity index (χ4v) is 2.19. The van der Waals surface area contributed by atoms with E-state index < -0.39 is 0 Å². The lowest BCUT2D eigenvalue weighted by Gasteiger charge is -2.34. The second kappa shape index (κ2) is 5.41. The predicted molar refractivity (Wildman–Crippen MR) is 66.1 cm³/mol. The SMILES string of the molecule is CC(CN(C)Cc1ccccn1)C1CNC1. The molecule has 16 heavy (non-hydrogen) atoms. The van der Waals surface area contributed by atoms with E-state index in [2.05, 4.69) is 41.3 Å². The molecule has 1 aromatic rings. The molecule has 2 heterocycles. The van der Waals surface area contributed by atoms with Gasteiger partial charge in [0.05, 0.1) is 5.69 Å². The molecule has 0 spiro atoms. The van der Waals surface area contributed by atoms with Gasteiger partial charge in [-0.05, 0) is 44.1 Å². The summed E-state index contributed by atoms with van der Waals surface area (Å²) in [5.74, 6) is 1.64. The molecule has 88 valence electrons. The first-order valence-electron chi connectivity index (χ1n) is 6.05. The highest BCUT2D eigenvalue weighted by Gasteiger charge is 2.24. The van der Waals surface area contributed by atoms with Gasteiger partial charge in [0.25, 0.3) is 0 Å². The molecule has 1 fully saturated rings. The van der Waals surface area contributed by atoms with Crippen LogP contribution >= 0.6 is 0 Å². The molecule has 1 aromatic heterocycles. The molecule has 0 radical (unpaired) electrons. The van der Waals surface area contributed by atoms with Crippen LogP contribution in [0, 0.1) is 11.8 Å². The van der Waals surface area contributed by atoms with Gasteiger partial charge in [0.15, 0.2) is 0 Å². The third kappa shape index (κ3) is 3.03. The maximum absolute atomic E-state index is 4.35. The topological polar surface area (TPSA) is 28.2 Å². The van der Waals surface area contributed by atoms with Gasteiger partial charge in [-0.25, -0.2) is 0 Å². The Bertz CT molecular complexity index is 308. The van der Waals surface area contributed by atoms with Crippen LogP contribution in [0.3, 0.4) is 0 Å². The molecule has 1 aliphatic rings. The average Bonchev–Trinajstić information content (AvgIpc) is 2.15. The van der Waals surface area contributed by atoms with Gasteiger partial charge in [-0.3, -0.25) is 4.98 Å². The summed E-state index contributed by atoms with van der Waals surface area (Å²) in [4.78, 5) is 6.72. The largest absolute Gasteiger partial charge is 0.316 e. The molecule has 1 unspecified atom stereocenters. The molecule has 3 heteroatoms. The molecule has 0 aliphatic carbocycles. The van der Waals surface area contributed by atoms with Gasteiger partial charge in [0.1, 0.15) is 0 Å². The molecule has 1 N–H and O–H groups in total. The quantitative estimate of drug-likeness (QED) is 0.810. The lowest BCUT2D eigenvalue weighted by molar-refractivity contribution is 0.181. The molecular formula is C13H21N3. The second-order valence-corrected chi connectivity index (χ2v) is 4.91. The van der Waals surface area contributed by atoms with Crippen LogP contribution in [0.5, 0.6) is 0 Å². The van der Waals surface area contributed by atoms with Crippen LogP contribution in [-0.2, 0) is 6.54 Å². The van der Waals surface area contributed by atoms with E-state index in [0.29, 0.717) is 0 Å². The van der Waals surface area contributed by atoms with Gasteiger partial charge < -0.3 is 10.2 Å². The fourth-order valence-electron chi connectivity index (χ4n) is 2.19. The van der Waals surface area contributed by atoms with Crippen molar-refractivity contribution in [3.63, 3.8) is 0 Å². The van der Waals surface area contributed by atoms with Gasteiger partial charge in [0, 0.05) is 19.3 Å². The number of pyridine rings is 1. The molecule has 0 saturated carbocycles. The monoisotopic (exact) mass is 219 g/mol. The van der Waals surface area contributed by atoms with E-state index in [-0.39, 0.29) is 0 Å². The number of hydrogen-bond acceptors (Lipinski definition) is 3. The lowest BCUT2D eigenvalue weighted by Crippen LogP contribution is -2.47. The first kappa shape index (κ1) is 11.6.